The fourth-order valence-corrected chi connectivity index (χ4v) is 7.79. The van der Waals surface area contributed by atoms with E-state index in [0.717, 1.165) is 17.7 Å². The monoisotopic (exact) mass is 656 g/mol. The highest BCUT2D eigenvalue weighted by atomic mass is 28.4. The van der Waals surface area contributed by atoms with Gasteiger partial charge in [-0.15, -0.1) is 0 Å². The van der Waals surface area contributed by atoms with Crippen LogP contribution in [-0.2, 0) is 36.6 Å². The van der Waals surface area contributed by atoms with Gasteiger partial charge in [0.2, 0.25) is 0 Å². The van der Waals surface area contributed by atoms with E-state index in [1.54, 1.807) is 7.11 Å². The second-order valence-electron chi connectivity index (χ2n) is 15.9. The summed E-state index contributed by atoms with van der Waals surface area (Å²) in [7, 11) is -0.399. The molecule has 0 N–H and O–H groups in total. The van der Waals surface area contributed by atoms with E-state index in [4.69, 9.17) is 28.1 Å². The van der Waals surface area contributed by atoms with Gasteiger partial charge in [0, 0.05) is 24.2 Å². The van der Waals surface area contributed by atoms with Crippen LogP contribution in [0.25, 0.3) is 0 Å². The van der Waals surface area contributed by atoms with Crippen molar-refractivity contribution in [2.45, 2.75) is 137 Å². The average molecular weight is 657 g/mol. The van der Waals surface area contributed by atoms with Gasteiger partial charge in [0.1, 0.15) is 5.75 Å². The van der Waals surface area contributed by atoms with Gasteiger partial charge >= 0.3 is 0 Å². The molecule has 0 radical (unpaired) electrons. The Hall–Kier alpha value is -1.74. The molecule has 2 aromatic carbocycles. The topological polar surface area (TPSA) is 55.4 Å². The molecule has 7 heteroatoms. The zero-order valence-electron chi connectivity index (χ0n) is 31.1. The molecule has 1 heterocycles. The maximum Gasteiger partial charge on any atom is 0.192 e. The van der Waals surface area contributed by atoms with E-state index in [2.05, 4.69) is 105 Å². The highest BCUT2D eigenvalue weighted by Gasteiger charge is 2.47. The molecule has 46 heavy (non-hydrogen) atoms. The Bertz CT molecular complexity index is 1160. The Morgan fingerprint density at radius 1 is 0.804 bits per heavy atom. The second-order valence-corrected chi connectivity index (χ2v) is 20.6. The fraction of sp³-hybridized carbons (Fsp3) is 0.692. The van der Waals surface area contributed by atoms with Gasteiger partial charge in [-0.25, -0.2) is 0 Å². The summed E-state index contributed by atoms with van der Waals surface area (Å²) in [5.74, 6) is 0.956. The van der Waals surface area contributed by atoms with Gasteiger partial charge in [0.05, 0.1) is 51.3 Å². The van der Waals surface area contributed by atoms with E-state index in [0.29, 0.717) is 25.7 Å². The van der Waals surface area contributed by atoms with Crippen LogP contribution >= 0.6 is 0 Å². The fourth-order valence-electron chi connectivity index (χ4n) is 6.31. The number of hydrogen-bond donors (Lipinski definition) is 0. The van der Waals surface area contributed by atoms with Crippen molar-refractivity contribution in [3.63, 3.8) is 0 Å². The van der Waals surface area contributed by atoms with Crippen molar-refractivity contribution in [1.29, 1.82) is 0 Å². The van der Waals surface area contributed by atoms with Gasteiger partial charge in [0.25, 0.3) is 0 Å². The van der Waals surface area contributed by atoms with Crippen molar-refractivity contribution in [1.82, 2.24) is 0 Å². The molecule has 0 spiro atoms. The van der Waals surface area contributed by atoms with Gasteiger partial charge in [-0.05, 0) is 61.2 Å². The minimum atomic E-state index is -2.09. The van der Waals surface area contributed by atoms with Gasteiger partial charge in [-0.1, -0.05) is 97.9 Å². The lowest BCUT2D eigenvalue weighted by atomic mass is 9.81. The van der Waals surface area contributed by atoms with Crippen LogP contribution in [0.2, 0.25) is 18.1 Å². The maximum absolute atomic E-state index is 7.24. The molecule has 260 valence electrons. The largest absolute Gasteiger partial charge is 0.497 e. The molecule has 1 aliphatic rings. The van der Waals surface area contributed by atoms with Gasteiger partial charge < -0.3 is 28.1 Å². The van der Waals surface area contributed by atoms with Gasteiger partial charge in [-0.3, -0.25) is 0 Å². The molecule has 0 aromatic heterocycles. The molecule has 3 rings (SSSR count). The summed E-state index contributed by atoms with van der Waals surface area (Å²) in [5, 5.41) is 0.0914. The first-order valence-corrected chi connectivity index (χ1v) is 20.2. The van der Waals surface area contributed by atoms with Crippen molar-refractivity contribution in [3.8, 4) is 5.75 Å². The highest BCUT2D eigenvalue weighted by Crippen LogP contribution is 2.42. The lowest BCUT2D eigenvalue weighted by Gasteiger charge is -2.49. The maximum atomic E-state index is 7.24. The SMILES string of the molecule is COc1ccc(CO[C@H](C(C)C)[C@@H](C)[C@H]2C[C@@H]([C@@H](C)[C@H](O[Si](C)(C)C(C)(C)C)[C@H](C)COCc3ccccc3)OC(C)(C)O2)cc1. The number of hydrogen-bond acceptors (Lipinski definition) is 6. The number of benzene rings is 2. The second kappa shape index (κ2) is 16.6. The Morgan fingerprint density at radius 3 is 1.87 bits per heavy atom. The predicted octanol–water partition coefficient (Wildman–Crippen LogP) is 9.66. The molecule has 0 bridgehead atoms. The molecule has 0 unspecified atom stereocenters. The zero-order valence-corrected chi connectivity index (χ0v) is 32.1. The summed E-state index contributed by atoms with van der Waals surface area (Å²) < 4.78 is 38.9. The Balaban J connectivity index is 1.78. The minimum Gasteiger partial charge on any atom is -0.497 e. The first kappa shape index (κ1) is 38.7. The van der Waals surface area contributed by atoms with Crippen LogP contribution in [-0.4, -0.2) is 52.2 Å². The van der Waals surface area contributed by atoms with E-state index < -0.39 is 14.1 Å². The van der Waals surface area contributed by atoms with Crippen molar-refractivity contribution in [2.24, 2.45) is 23.7 Å². The summed E-state index contributed by atoms with van der Waals surface area (Å²) in [5.41, 5.74) is 2.32. The third kappa shape index (κ3) is 10.9. The normalized spacial score (nSPS) is 22.2. The number of ether oxygens (including phenoxy) is 5. The zero-order chi connectivity index (χ0) is 34.3. The smallest absolute Gasteiger partial charge is 0.192 e. The van der Waals surface area contributed by atoms with E-state index in [-0.39, 0.29) is 47.2 Å². The quantitative estimate of drug-likeness (QED) is 0.168. The first-order chi connectivity index (χ1) is 21.4. The van der Waals surface area contributed by atoms with E-state index in [1.165, 1.54) is 5.56 Å². The molecule has 0 aliphatic carbocycles. The lowest BCUT2D eigenvalue weighted by molar-refractivity contribution is -0.323. The Morgan fingerprint density at radius 2 is 1.35 bits per heavy atom. The molecular formula is C39H64O6Si. The van der Waals surface area contributed by atoms with Crippen LogP contribution in [0.5, 0.6) is 5.75 Å². The highest BCUT2D eigenvalue weighted by molar-refractivity contribution is 6.74. The molecular weight excluding hydrogens is 593 g/mol. The van der Waals surface area contributed by atoms with Crippen molar-refractivity contribution in [3.05, 3.63) is 65.7 Å². The third-order valence-corrected chi connectivity index (χ3v) is 14.6. The van der Waals surface area contributed by atoms with Crippen molar-refractivity contribution in [2.75, 3.05) is 13.7 Å². The molecule has 6 nitrogen and oxygen atoms in total. The van der Waals surface area contributed by atoms with Crippen LogP contribution < -0.4 is 4.74 Å². The molecule has 1 fully saturated rings. The van der Waals surface area contributed by atoms with E-state index in [1.807, 2.05) is 32.0 Å². The van der Waals surface area contributed by atoms with Crippen LogP contribution in [0, 0.1) is 23.7 Å². The Kier molecular flexibility index (Phi) is 13.9. The van der Waals surface area contributed by atoms with Crippen LogP contribution in [0.4, 0.5) is 0 Å². The van der Waals surface area contributed by atoms with Crippen molar-refractivity contribution < 1.29 is 28.1 Å². The molecule has 2 aromatic rings. The molecule has 1 aliphatic heterocycles. The average Bonchev–Trinajstić information content (AvgIpc) is 2.98. The van der Waals surface area contributed by atoms with Crippen LogP contribution in [0.3, 0.4) is 0 Å². The van der Waals surface area contributed by atoms with E-state index in [9.17, 15) is 0 Å². The van der Waals surface area contributed by atoms with Gasteiger partial charge in [0.15, 0.2) is 14.1 Å². The lowest BCUT2D eigenvalue weighted by Crippen LogP contribution is -2.55. The summed E-state index contributed by atoms with van der Waals surface area (Å²) in [6, 6.07) is 18.5. The van der Waals surface area contributed by atoms with Crippen molar-refractivity contribution >= 4 is 8.32 Å². The Labute approximate surface area is 282 Å². The van der Waals surface area contributed by atoms with Crippen LogP contribution in [0.15, 0.2) is 54.6 Å². The number of methoxy groups -OCH3 is 1. The van der Waals surface area contributed by atoms with Gasteiger partial charge in [-0.2, -0.15) is 0 Å². The minimum absolute atomic E-state index is 0.0151. The van der Waals surface area contributed by atoms with E-state index >= 15 is 0 Å². The number of rotatable bonds is 16. The molecule has 0 amide bonds. The first-order valence-electron chi connectivity index (χ1n) is 17.3. The molecule has 1 saturated heterocycles. The van der Waals surface area contributed by atoms with Crippen LogP contribution in [0.1, 0.15) is 86.8 Å². The summed E-state index contributed by atoms with van der Waals surface area (Å²) in [4.78, 5) is 0. The summed E-state index contributed by atoms with van der Waals surface area (Å²) in [6.07, 6.45) is 0.755. The summed E-state index contributed by atoms with van der Waals surface area (Å²) >= 11 is 0. The molecule has 7 atom stereocenters. The predicted molar refractivity (Wildman–Crippen MR) is 191 cm³/mol. The standard InChI is InChI=1S/C39H64O6Si/c1-27(2)36(42-26-32-19-21-33(40-11)22-20-32)29(4)34-23-35(44-39(9,10)43-34)30(5)37(45-46(12,13)38(6,7)8)28(3)24-41-25-31-17-15-14-16-18-31/h14-22,27-30,34-37H,23-26H2,1-13H3/t28-,29+,30-,34-,35+,36-,37-/m1/s1. The third-order valence-electron chi connectivity index (χ3n) is 10.1. The summed E-state index contributed by atoms with van der Waals surface area (Å²) in [6.45, 7) is 28.8. The molecule has 0 saturated carbocycles.